The fraction of sp³-hybridized carbons (Fsp3) is 0.240. The van der Waals surface area contributed by atoms with Gasteiger partial charge in [0.1, 0.15) is 17.4 Å². The van der Waals surface area contributed by atoms with Crippen LogP contribution in [0.25, 0.3) is 11.0 Å². The Kier molecular flexibility index (Phi) is 5.77. The van der Waals surface area contributed by atoms with Crippen molar-refractivity contribution in [2.24, 2.45) is 5.73 Å². The summed E-state index contributed by atoms with van der Waals surface area (Å²) < 4.78 is 5.84. The molecule has 34 heavy (non-hydrogen) atoms. The van der Waals surface area contributed by atoms with Gasteiger partial charge in [-0.1, -0.05) is 12.1 Å². The summed E-state index contributed by atoms with van der Waals surface area (Å²) in [4.78, 5) is 25.6. The van der Waals surface area contributed by atoms with Crippen LogP contribution >= 0.6 is 0 Å². The Balaban J connectivity index is 1.38. The molecular weight excluding hydrogens is 430 g/mol. The van der Waals surface area contributed by atoms with Gasteiger partial charge in [0, 0.05) is 43.8 Å². The van der Waals surface area contributed by atoms with Crippen LogP contribution in [0.1, 0.15) is 16.1 Å². The number of anilines is 5. The third-order valence-electron chi connectivity index (χ3n) is 5.98. The summed E-state index contributed by atoms with van der Waals surface area (Å²) in [6, 6.07) is 13.5. The molecule has 1 amide bonds. The number of rotatable bonds is 6. The Morgan fingerprint density at radius 3 is 2.50 bits per heavy atom. The molecule has 3 aromatic heterocycles. The second-order valence-corrected chi connectivity index (χ2v) is 8.50. The second kappa shape index (κ2) is 9.03. The molecule has 1 aliphatic heterocycles. The summed E-state index contributed by atoms with van der Waals surface area (Å²) in [5, 5.41) is 7.47. The van der Waals surface area contributed by atoms with Crippen LogP contribution in [-0.4, -0.2) is 54.0 Å². The van der Waals surface area contributed by atoms with Gasteiger partial charge in [-0.3, -0.25) is 4.79 Å². The van der Waals surface area contributed by atoms with Gasteiger partial charge in [-0.05, 0) is 38.2 Å². The van der Waals surface area contributed by atoms with Crippen molar-refractivity contribution in [2.75, 3.05) is 48.8 Å². The van der Waals surface area contributed by atoms with Crippen LogP contribution in [0.2, 0.25) is 0 Å². The minimum Gasteiger partial charge on any atom is -0.459 e. The number of carbonyl (C=O) groups excluding carboxylic acids is 1. The van der Waals surface area contributed by atoms with E-state index in [1.54, 1.807) is 6.07 Å². The van der Waals surface area contributed by atoms with Crippen LogP contribution < -0.4 is 21.3 Å². The number of nitrogens with two attached hydrogens (primary N) is 1. The number of aryl methyl sites for hydroxylation is 1. The number of nitrogens with one attached hydrogen (secondary N) is 2. The van der Waals surface area contributed by atoms with Crippen LogP contribution in [0.3, 0.4) is 0 Å². The monoisotopic (exact) mass is 457 g/mol. The fourth-order valence-electron chi connectivity index (χ4n) is 4.10. The van der Waals surface area contributed by atoms with Gasteiger partial charge in [0.25, 0.3) is 5.91 Å². The molecular formula is C25H27N7O2. The highest BCUT2D eigenvalue weighted by molar-refractivity contribution is 6.01. The number of hydrogen-bond donors (Lipinski definition) is 3. The summed E-state index contributed by atoms with van der Waals surface area (Å²) in [5.74, 6) is 1.43. The van der Waals surface area contributed by atoms with E-state index in [0.717, 1.165) is 48.7 Å². The number of aromatic nitrogens is 2. The number of carbonyl (C=O) groups is 1. The molecule has 1 aliphatic rings. The molecule has 4 N–H and O–H groups in total. The SMILES string of the molecule is Cc1cc2cccc(Nc3cc(Nc4ccc(N5CCN(C)CC5)cn4)ncc3C(N)=O)c2o1. The first-order chi connectivity index (χ1) is 16.5. The van der Waals surface area contributed by atoms with E-state index in [1.165, 1.54) is 6.20 Å². The summed E-state index contributed by atoms with van der Waals surface area (Å²) in [5.41, 5.74) is 8.96. The second-order valence-electron chi connectivity index (χ2n) is 8.50. The summed E-state index contributed by atoms with van der Waals surface area (Å²) in [7, 11) is 2.14. The number of pyridine rings is 2. The molecule has 0 spiro atoms. The van der Waals surface area contributed by atoms with Gasteiger partial charge in [0.2, 0.25) is 0 Å². The molecule has 4 aromatic rings. The maximum absolute atomic E-state index is 12.0. The van der Waals surface area contributed by atoms with E-state index in [0.29, 0.717) is 22.9 Å². The van der Waals surface area contributed by atoms with Crippen molar-refractivity contribution in [1.82, 2.24) is 14.9 Å². The summed E-state index contributed by atoms with van der Waals surface area (Å²) >= 11 is 0. The van der Waals surface area contributed by atoms with Gasteiger partial charge in [-0.15, -0.1) is 0 Å². The van der Waals surface area contributed by atoms with Gasteiger partial charge < -0.3 is 30.6 Å². The summed E-state index contributed by atoms with van der Waals surface area (Å²) in [6.45, 7) is 5.94. The zero-order valence-corrected chi connectivity index (χ0v) is 19.2. The van der Waals surface area contributed by atoms with Crippen molar-refractivity contribution in [1.29, 1.82) is 0 Å². The van der Waals surface area contributed by atoms with E-state index in [-0.39, 0.29) is 5.56 Å². The molecule has 1 saturated heterocycles. The molecule has 0 unspecified atom stereocenters. The Morgan fingerprint density at radius 2 is 1.76 bits per heavy atom. The van der Waals surface area contributed by atoms with Gasteiger partial charge in [-0.2, -0.15) is 0 Å². The van der Waals surface area contributed by atoms with Crippen molar-refractivity contribution < 1.29 is 9.21 Å². The Labute approximate surface area is 197 Å². The van der Waals surface area contributed by atoms with Gasteiger partial charge in [0.15, 0.2) is 5.58 Å². The molecule has 1 aromatic carbocycles. The van der Waals surface area contributed by atoms with Gasteiger partial charge in [-0.25, -0.2) is 9.97 Å². The minimum absolute atomic E-state index is 0.282. The van der Waals surface area contributed by atoms with Crippen LogP contribution in [0.15, 0.2) is 59.3 Å². The molecule has 5 rings (SSSR count). The highest BCUT2D eigenvalue weighted by Crippen LogP contribution is 2.31. The lowest BCUT2D eigenvalue weighted by molar-refractivity contribution is 0.100. The van der Waals surface area contributed by atoms with Crippen molar-refractivity contribution in [3.8, 4) is 0 Å². The number of nitrogens with zero attached hydrogens (tertiary/aromatic N) is 4. The lowest BCUT2D eigenvalue weighted by Crippen LogP contribution is -2.44. The minimum atomic E-state index is -0.570. The fourth-order valence-corrected chi connectivity index (χ4v) is 4.10. The number of likely N-dealkylation sites (N-methyl/N-ethyl adjacent to an activating group) is 1. The van der Waals surface area contributed by atoms with Crippen molar-refractivity contribution in [2.45, 2.75) is 6.92 Å². The first-order valence-corrected chi connectivity index (χ1v) is 11.2. The average Bonchev–Trinajstić information content (AvgIpc) is 3.21. The van der Waals surface area contributed by atoms with E-state index in [4.69, 9.17) is 10.2 Å². The number of hydrogen-bond acceptors (Lipinski definition) is 8. The maximum Gasteiger partial charge on any atom is 0.252 e. The largest absolute Gasteiger partial charge is 0.459 e. The van der Waals surface area contributed by atoms with Crippen molar-refractivity contribution in [3.63, 3.8) is 0 Å². The van der Waals surface area contributed by atoms with E-state index in [2.05, 4.69) is 43.5 Å². The number of para-hydroxylation sites is 1. The normalized spacial score (nSPS) is 14.4. The molecule has 9 heteroatoms. The van der Waals surface area contributed by atoms with E-state index in [9.17, 15) is 4.79 Å². The molecule has 1 fully saturated rings. The van der Waals surface area contributed by atoms with Gasteiger partial charge in [0.05, 0.1) is 28.8 Å². The quantitative estimate of drug-likeness (QED) is 0.400. The third-order valence-corrected chi connectivity index (χ3v) is 5.98. The molecule has 0 radical (unpaired) electrons. The Bertz CT molecular complexity index is 1330. The molecule has 4 heterocycles. The van der Waals surface area contributed by atoms with Crippen LogP contribution in [0.4, 0.5) is 28.7 Å². The summed E-state index contributed by atoms with van der Waals surface area (Å²) in [6.07, 6.45) is 3.32. The maximum atomic E-state index is 12.0. The predicted molar refractivity (Wildman–Crippen MR) is 134 cm³/mol. The Hall–Kier alpha value is -4.11. The Morgan fingerprint density at radius 1 is 0.971 bits per heavy atom. The van der Waals surface area contributed by atoms with Gasteiger partial charge >= 0.3 is 0 Å². The lowest BCUT2D eigenvalue weighted by Gasteiger charge is -2.33. The lowest BCUT2D eigenvalue weighted by atomic mass is 10.2. The molecule has 9 nitrogen and oxygen atoms in total. The first kappa shape index (κ1) is 21.7. The number of furan rings is 1. The highest BCUT2D eigenvalue weighted by atomic mass is 16.3. The third kappa shape index (κ3) is 4.51. The number of primary amides is 1. The highest BCUT2D eigenvalue weighted by Gasteiger charge is 2.16. The van der Waals surface area contributed by atoms with E-state index >= 15 is 0 Å². The molecule has 0 bridgehead atoms. The van der Waals surface area contributed by atoms with Crippen LogP contribution in [-0.2, 0) is 0 Å². The topological polar surface area (TPSA) is 113 Å². The number of fused-ring (bicyclic) bond motifs is 1. The number of benzene rings is 1. The zero-order chi connectivity index (χ0) is 23.7. The van der Waals surface area contributed by atoms with Crippen molar-refractivity contribution >= 4 is 45.6 Å². The average molecular weight is 458 g/mol. The first-order valence-electron chi connectivity index (χ1n) is 11.2. The standard InChI is InChI=1S/C25H27N7O2/c1-16-12-17-4-3-5-20(24(17)34-16)29-21-13-23(28-15-19(21)25(26)33)30-22-7-6-18(14-27-22)32-10-8-31(2)9-11-32/h3-7,12-15H,8-11H2,1-2H3,(H2,26,33)(H2,27,28,29,30). The van der Waals surface area contributed by atoms with Crippen LogP contribution in [0.5, 0.6) is 0 Å². The molecule has 0 atom stereocenters. The smallest absolute Gasteiger partial charge is 0.252 e. The molecule has 0 aliphatic carbocycles. The number of amides is 1. The molecule has 174 valence electrons. The van der Waals surface area contributed by atoms with E-state index in [1.807, 2.05) is 43.5 Å². The van der Waals surface area contributed by atoms with Crippen LogP contribution in [0, 0.1) is 6.92 Å². The molecule has 0 saturated carbocycles. The van der Waals surface area contributed by atoms with E-state index < -0.39 is 5.91 Å². The van der Waals surface area contributed by atoms with Crippen molar-refractivity contribution in [3.05, 3.63) is 66.2 Å². The zero-order valence-electron chi connectivity index (χ0n) is 19.2. The number of piperazine rings is 1. The predicted octanol–water partition coefficient (Wildman–Crippen LogP) is 3.87.